The Morgan fingerprint density at radius 1 is 0.971 bits per heavy atom. The zero-order valence-electron chi connectivity index (χ0n) is 19.6. The van der Waals surface area contributed by atoms with Gasteiger partial charge in [0, 0.05) is 43.4 Å². The fourth-order valence-electron chi connectivity index (χ4n) is 3.56. The quantitative estimate of drug-likeness (QED) is 0.194. The average Bonchev–Trinajstić information content (AvgIpc) is 3.49. The third-order valence-electron chi connectivity index (χ3n) is 5.24. The topological polar surface area (TPSA) is 71.3 Å². The molecule has 0 aliphatic carbocycles. The monoisotopic (exact) mass is 496 g/mol. The highest BCUT2D eigenvalue weighted by atomic mass is 32.2. The molecule has 7 nitrogen and oxygen atoms in total. The van der Waals surface area contributed by atoms with Gasteiger partial charge in [-0.1, -0.05) is 42.1 Å². The van der Waals surface area contributed by atoms with E-state index in [2.05, 4.69) is 44.4 Å². The average molecular weight is 497 g/mol. The molecule has 2 heterocycles. The minimum Gasteiger partial charge on any atom is -0.493 e. The number of thiazole rings is 1. The molecular formula is C25H28N4O3S2. The lowest BCUT2D eigenvalue weighted by molar-refractivity contribution is 0.189. The van der Waals surface area contributed by atoms with Crippen LogP contribution in [0.1, 0.15) is 22.7 Å². The van der Waals surface area contributed by atoms with Crippen LogP contribution in [0.2, 0.25) is 0 Å². The van der Waals surface area contributed by atoms with Crippen molar-refractivity contribution >= 4 is 23.1 Å². The van der Waals surface area contributed by atoms with Gasteiger partial charge in [0.2, 0.25) is 0 Å². The standard InChI is InChI=1S/C25H28N4O3S2/c1-30-13-7-12-29-24(19-10-11-21(31-2)22(15-19)32-3)27-28-25(29)34-17-20-16-33-23(26-20)14-18-8-5-4-6-9-18/h4-6,8-11,15-16H,7,12-14,17H2,1-3H3. The lowest BCUT2D eigenvalue weighted by atomic mass is 10.2. The third-order valence-corrected chi connectivity index (χ3v) is 7.13. The zero-order valence-corrected chi connectivity index (χ0v) is 21.2. The predicted octanol–water partition coefficient (Wildman–Crippen LogP) is 5.34. The molecule has 0 aliphatic heterocycles. The Balaban J connectivity index is 1.51. The third kappa shape index (κ3) is 5.97. The second kappa shape index (κ2) is 12.0. The smallest absolute Gasteiger partial charge is 0.191 e. The molecule has 0 bridgehead atoms. The number of rotatable bonds is 12. The summed E-state index contributed by atoms with van der Waals surface area (Å²) >= 11 is 3.35. The molecule has 0 amide bonds. The molecule has 0 radical (unpaired) electrons. The molecule has 0 fully saturated rings. The van der Waals surface area contributed by atoms with E-state index in [4.69, 9.17) is 19.2 Å². The van der Waals surface area contributed by atoms with Crippen molar-refractivity contribution in [2.75, 3.05) is 27.9 Å². The zero-order chi connectivity index (χ0) is 23.8. The second-order valence-electron chi connectivity index (χ2n) is 7.56. The molecule has 0 spiro atoms. The molecule has 0 atom stereocenters. The predicted molar refractivity (Wildman–Crippen MR) is 136 cm³/mol. The van der Waals surface area contributed by atoms with E-state index < -0.39 is 0 Å². The first-order valence-corrected chi connectivity index (χ1v) is 12.8. The summed E-state index contributed by atoms with van der Waals surface area (Å²) < 4.78 is 18.3. The van der Waals surface area contributed by atoms with E-state index in [1.807, 2.05) is 24.3 Å². The van der Waals surface area contributed by atoms with Crippen LogP contribution in [0.3, 0.4) is 0 Å². The number of nitrogens with zero attached hydrogens (tertiary/aromatic N) is 4. The summed E-state index contributed by atoms with van der Waals surface area (Å²) in [5.41, 5.74) is 3.25. The van der Waals surface area contributed by atoms with Crippen LogP contribution in [0.4, 0.5) is 0 Å². The summed E-state index contributed by atoms with van der Waals surface area (Å²) in [7, 11) is 4.97. The number of aromatic nitrogens is 4. The highest BCUT2D eigenvalue weighted by Gasteiger charge is 2.17. The molecule has 0 N–H and O–H groups in total. The molecule has 0 unspecified atom stereocenters. The Labute approximate surface area is 208 Å². The largest absolute Gasteiger partial charge is 0.493 e. The molecule has 0 saturated heterocycles. The number of hydrogen-bond donors (Lipinski definition) is 0. The summed E-state index contributed by atoms with van der Waals surface area (Å²) in [5.74, 6) is 2.87. The van der Waals surface area contributed by atoms with Crippen LogP contribution in [-0.2, 0) is 23.5 Å². The van der Waals surface area contributed by atoms with Crippen LogP contribution in [0, 0.1) is 0 Å². The molecule has 34 heavy (non-hydrogen) atoms. The fourth-order valence-corrected chi connectivity index (χ4v) is 5.35. The van der Waals surface area contributed by atoms with Crippen molar-refractivity contribution < 1.29 is 14.2 Å². The van der Waals surface area contributed by atoms with Crippen LogP contribution < -0.4 is 9.47 Å². The van der Waals surface area contributed by atoms with Crippen LogP contribution in [0.25, 0.3) is 11.4 Å². The Morgan fingerprint density at radius 2 is 1.79 bits per heavy atom. The van der Waals surface area contributed by atoms with E-state index in [1.165, 1.54) is 5.56 Å². The lowest BCUT2D eigenvalue weighted by Gasteiger charge is -2.12. The van der Waals surface area contributed by atoms with E-state index in [0.717, 1.165) is 52.4 Å². The van der Waals surface area contributed by atoms with Crippen LogP contribution >= 0.6 is 23.1 Å². The van der Waals surface area contributed by atoms with Crippen molar-refractivity contribution in [2.45, 2.75) is 30.3 Å². The van der Waals surface area contributed by atoms with Crippen molar-refractivity contribution in [2.24, 2.45) is 0 Å². The number of thioether (sulfide) groups is 1. The van der Waals surface area contributed by atoms with E-state index >= 15 is 0 Å². The van der Waals surface area contributed by atoms with Gasteiger partial charge in [0.05, 0.1) is 24.9 Å². The maximum Gasteiger partial charge on any atom is 0.191 e. The van der Waals surface area contributed by atoms with Gasteiger partial charge in [-0.3, -0.25) is 0 Å². The summed E-state index contributed by atoms with van der Waals surface area (Å²) in [5, 5.41) is 13.1. The van der Waals surface area contributed by atoms with Gasteiger partial charge >= 0.3 is 0 Å². The second-order valence-corrected chi connectivity index (χ2v) is 9.44. The summed E-state index contributed by atoms with van der Waals surface area (Å²) in [6.45, 7) is 1.42. The molecule has 178 valence electrons. The molecule has 0 saturated carbocycles. The van der Waals surface area contributed by atoms with Crippen molar-refractivity contribution in [3.8, 4) is 22.9 Å². The highest BCUT2D eigenvalue weighted by Crippen LogP contribution is 2.33. The molecule has 4 rings (SSSR count). The Kier molecular flexibility index (Phi) is 8.56. The molecule has 9 heteroatoms. The fraction of sp³-hybridized carbons (Fsp3) is 0.320. The molecule has 4 aromatic rings. The van der Waals surface area contributed by atoms with Gasteiger partial charge in [0.25, 0.3) is 0 Å². The Hall–Kier alpha value is -2.88. The van der Waals surface area contributed by atoms with Crippen molar-refractivity contribution in [1.82, 2.24) is 19.7 Å². The lowest BCUT2D eigenvalue weighted by Crippen LogP contribution is -2.05. The van der Waals surface area contributed by atoms with Gasteiger partial charge in [-0.25, -0.2) is 4.98 Å². The normalized spacial score (nSPS) is 11.0. The molecule has 2 aromatic carbocycles. The number of benzene rings is 2. The van der Waals surface area contributed by atoms with Gasteiger partial charge in [-0.05, 0) is 30.2 Å². The Morgan fingerprint density at radius 3 is 2.56 bits per heavy atom. The van der Waals surface area contributed by atoms with Crippen molar-refractivity contribution in [3.05, 3.63) is 70.2 Å². The molecule has 0 aliphatic rings. The van der Waals surface area contributed by atoms with Crippen molar-refractivity contribution in [1.29, 1.82) is 0 Å². The van der Waals surface area contributed by atoms with Gasteiger partial charge < -0.3 is 18.8 Å². The first kappa shape index (κ1) is 24.3. The molecule has 2 aromatic heterocycles. The van der Waals surface area contributed by atoms with Crippen molar-refractivity contribution in [3.63, 3.8) is 0 Å². The minimum atomic E-state index is 0.661. The SMILES string of the molecule is COCCCn1c(SCc2csc(Cc3ccccc3)n2)nnc1-c1ccc(OC)c(OC)c1. The Bertz CT molecular complexity index is 1190. The van der Waals surface area contributed by atoms with Gasteiger partial charge in [0.15, 0.2) is 22.5 Å². The minimum absolute atomic E-state index is 0.661. The van der Waals surface area contributed by atoms with Gasteiger partial charge in [0.1, 0.15) is 0 Å². The summed E-state index contributed by atoms with van der Waals surface area (Å²) in [6, 6.07) is 16.2. The first-order chi connectivity index (χ1) is 16.7. The first-order valence-electron chi connectivity index (χ1n) is 11.0. The van der Waals surface area contributed by atoms with E-state index in [0.29, 0.717) is 18.1 Å². The van der Waals surface area contributed by atoms with Crippen LogP contribution in [-0.4, -0.2) is 47.7 Å². The van der Waals surface area contributed by atoms with E-state index in [-0.39, 0.29) is 0 Å². The van der Waals surface area contributed by atoms with Gasteiger partial charge in [-0.15, -0.1) is 21.5 Å². The molecular weight excluding hydrogens is 468 g/mol. The van der Waals surface area contributed by atoms with Crippen LogP contribution in [0.5, 0.6) is 11.5 Å². The van der Waals surface area contributed by atoms with Gasteiger partial charge in [-0.2, -0.15) is 0 Å². The maximum atomic E-state index is 5.48. The van der Waals surface area contributed by atoms with E-state index in [9.17, 15) is 0 Å². The highest BCUT2D eigenvalue weighted by molar-refractivity contribution is 7.98. The number of ether oxygens (including phenoxy) is 3. The number of hydrogen-bond acceptors (Lipinski definition) is 8. The number of methoxy groups -OCH3 is 3. The summed E-state index contributed by atoms with van der Waals surface area (Å²) in [4.78, 5) is 4.82. The van der Waals surface area contributed by atoms with Crippen LogP contribution in [0.15, 0.2) is 59.1 Å². The maximum absolute atomic E-state index is 5.48. The summed E-state index contributed by atoms with van der Waals surface area (Å²) in [6.07, 6.45) is 1.72. The van der Waals surface area contributed by atoms with E-state index in [1.54, 1.807) is 44.4 Å².